The predicted molar refractivity (Wildman–Crippen MR) is 149 cm³/mol. The van der Waals surface area contributed by atoms with Crippen LogP contribution in [0.1, 0.15) is 32.6 Å². The van der Waals surface area contributed by atoms with Gasteiger partial charge in [0.1, 0.15) is 0 Å². The smallest absolute Gasteiger partial charge is 0.258 e. The van der Waals surface area contributed by atoms with Gasteiger partial charge in [-0.15, -0.1) is 0 Å². The van der Waals surface area contributed by atoms with Gasteiger partial charge in [-0.3, -0.25) is 4.79 Å². The normalized spacial score (nSPS) is 10.8. The summed E-state index contributed by atoms with van der Waals surface area (Å²) in [7, 11) is 0. The second-order valence-corrected chi connectivity index (χ2v) is 9.36. The first-order valence-corrected chi connectivity index (χ1v) is 12.6. The van der Waals surface area contributed by atoms with E-state index in [1.165, 1.54) is 11.1 Å². The lowest BCUT2D eigenvalue weighted by Gasteiger charge is -2.10. The van der Waals surface area contributed by atoms with Gasteiger partial charge < -0.3 is 10.6 Å². The molecule has 0 aliphatic carbocycles. The molecule has 0 radical (unpaired) electrons. The Morgan fingerprint density at radius 1 is 0.525 bits per heavy atom. The summed E-state index contributed by atoms with van der Waals surface area (Å²) in [5, 5.41) is 5.77. The van der Waals surface area contributed by atoms with E-state index in [0.29, 0.717) is 18.2 Å². The molecule has 0 spiro atoms. The monoisotopic (exact) mass is 540 g/mol. The lowest BCUT2D eigenvalue weighted by molar-refractivity contribution is 0.102. The summed E-state index contributed by atoms with van der Waals surface area (Å²) in [6, 6.07) is 33.8. The fourth-order valence-electron chi connectivity index (χ4n) is 4.29. The molecule has 5 aromatic carbocycles. The molecule has 0 aliphatic rings. The van der Waals surface area contributed by atoms with Crippen LogP contribution in [-0.2, 0) is 12.8 Å². The minimum atomic E-state index is -2.03. The van der Waals surface area contributed by atoms with Crippen LogP contribution in [0.25, 0.3) is 0 Å². The summed E-state index contributed by atoms with van der Waals surface area (Å²) >= 11 is 0. The average molecular weight is 541 g/mol. The lowest BCUT2D eigenvalue weighted by Crippen LogP contribution is -2.16. The number of hydrogen-bond acceptors (Lipinski definition) is 2. The molecule has 200 valence electrons. The highest BCUT2D eigenvalue weighted by Gasteiger charge is 2.23. The zero-order chi connectivity index (χ0) is 28.1. The second-order valence-electron chi connectivity index (χ2n) is 9.36. The number of hydrogen-bond donors (Lipinski definition) is 2. The topological polar surface area (TPSA) is 41.1 Å². The number of nitrogens with one attached hydrogen (secondary N) is 2. The number of benzene rings is 5. The Bertz CT molecular complexity index is 1620. The standard InChI is InChI=1S/C33H24F4N2O/c34-29-20-28(30(35)32(37)31(29)36)33(40)39-27-16-10-24(11-17-27)19-23-8-14-26(15-9-23)38-25-12-6-22(7-13-25)18-21-4-2-1-3-5-21/h1-17,20,38H,18-19H2,(H,39,40). The molecule has 0 aromatic heterocycles. The Labute approximate surface area is 229 Å². The van der Waals surface area contributed by atoms with E-state index in [4.69, 9.17) is 0 Å². The number of carbonyl (C=O) groups excluding carboxylic acids is 1. The van der Waals surface area contributed by atoms with Crippen molar-refractivity contribution < 1.29 is 22.4 Å². The van der Waals surface area contributed by atoms with Gasteiger partial charge in [-0.05, 0) is 77.6 Å². The maximum atomic E-state index is 13.9. The molecular weight excluding hydrogens is 516 g/mol. The first-order chi connectivity index (χ1) is 19.4. The third kappa shape index (κ3) is 6.38. The SMILES string of the molecule is O=C(Nc1ccc(Cc2ccc(Nc3ccc(Cc4ccccc4)cc3)cc2)cc1)c1cc(F)c(F)c(F)c1F. The second kappa shape index (κ2) is 11.9. The largest absolute Gasteiger partial charge is 0.356 e. The number of halogens is 4. The lowest BCUT2D eigenvalue weighted by atomic mass is 10.0. The molecule has 0 saturated heterocycles. The van der Waals surface area contributed by atoms with Gasteiger partial charge in [0.15, 0.2) is 23.3 Å². The molecule has 0 fully saturated rings. The van der Waals surface area contributed by atoms with Gasteiger partial charge in [0, 0.05) is 17.1 Å². The van der Waals surface area contributed by atoms with Crippen molar-refractivity contribution in [2.45, 2.75) is 12.8 Å². The van der Waals surface area contributed by atoms with E-state index in [1.807, 2.05) is 42.5 Å². The van der Waals surface area contributed by atoms with Gasteiger partial charge in [-0.2, -0.15) is 0 Å². The molecule has 0 aliphatic heterocycles. The minimum absolute atomic E-state index is 0.299. The van der Waals surface area contributed by atoms with Gasteiger partial charge >= 0.3 is 0 Å². The molecule has 0 bridgehead atoms. The van der Waals surface area contributed by atoms with Crippen LogP contribution in [0.2, 0.25) is 0 Å². The Balaban J connectivity index is 1.16. The van der Waals surface area contributed by atoms with Crippen LogP contribution in [0.4, 0.5) is 34.6 Å². The molecule has 0 heterocycles. The van der Waals surface area contributed by atoms with Crippen LogP contribution in [-0.4, -0.2) is 5.91 Å². The molecule has 1 amide bonds. The molecule has 3 nitrogen and oxygen atoms in total. The average Bonchev–Trinajstić information content (AvgIpc) is 2.97. The van der Waals surface area contributed by atoms with Gasteiger partial charge in [-0.25, -0.2) is 17.6 Å². The van der Waals surface area contributed by atoms with Crippen molar-refractivity contribution in [1.82, 2.24) is 0 Å². The van der Waals surface area contributed by atoms with E-state index in [0.717, 1.165) is 28.9 Å². The Morgan fingerprint density at radius 2 is 0.975 bits per heavy atom. The zero-order valence-electron chi connectivity index (χ0n) is 21.2. The molecule has 0 atom stereocenters. The molecule has 40 heavy (non-hydrogen) atoms. The third-order valence-corrected chi connectivity index (χ3v) is 6.41. The number of anilines is 3. The van der Waals surface area contributed by atoms with Gasteiger partial charge in [-0.1, -0.05) is 66.7 Å². The Morgan fingerprint density at radius 3 is 1.48 bits per heavy atom. The first-order valence-electron chi connectivity index (χ1n) is 12.6. The van der Waals surface area contributed by atoms with E-state index in [1.54, 1.807) is 24.3 Å². The third-order valence-electron chi connectivity index (χ3n) is 6.41. The maximum Gasteiger partial charge on any atom is 0.258 e. The molecule has 0 unspecified atom stereocenters. The fraction of sp³-hybridized carbons (Fsp3) is 0.0606. The van der Waals surface area contributed by atoms with Gasteiger partial charge in [0.2, 0.25) is 0 Å². The van der Waals surface area contributed by atoms with E-state index >= 15 is 0 Å². The maximum absolute atomic E-state index is 13.9. The number of amides is 1. The summed E-state index contributed by atoms with van der Waals surface area (Å²) in [6.07, 6.45) is 1.52. The summed E-state index contributed by atoms with van der Waals surface area (Å²) in [5.41, 5.74) is 5.87. The van der Waals surface area contributed by atoms with Crippen LogP contribution in [0.5, 0.6) is 0 Å². The van der Waals surface area contributed by atoms with Crippen molar-refractivity contribution in [2.75, 3.05) is 10.6 Å². The van der Waals surface area contributed by atoms with Crippen LogP contribution < -0.4 is 10.6 Å². The minimum Gasteiger partial charge on any atom is -0.356 e. The first kappa shape index (κ1) is 26.7. The van der Waals surface area contributed by atoms with Crippen molar-refractivity contribution in [2.24, 2.45) is 0 Å². The number of carbonyl (C=O) groups is 1. The molecular formula is C33H24F4N2O. The van der Waals surface area contributed by atoms with Crippen LogP contribution in [0, 0.1) is 23.3 Å². The summed E-state index contributed by atoms with van der Waals surface area (Å²) in [5.74, 6) is -8.46. The molecule has 7 heteroatoms. The Kier molecular flexibility index (Phi) is 7.92. The van der Waals surface area contributed by atoms with Crippen molar-refractivity contribution in [3.05, 3.63) is 160 Å². The predicted octanol–water partition coefficient (Wildman–Crippen LogP) is 8.42. The van der Waals surface area contributed by atoms with E-state index in [9.17, 15) is 22.4 Å². The zero-order valence-corrected chi connectivity index (χ0v) is 21.2. The highest BCUT2D eigenvalue weighted by Crippen LogP contribution is 2.22. The molecule has 5 rings (SSSR count). The molecule has 0 saturated carbocycles. The van der Waals surface area contributed by atoms with E-state index in [-0.39, 0.29) is 0 Å². The van der Waals surface area contributed by atoms with E-state index in [2.05, 4.69) is 47.0 Å². The van der Waals surface area contributed by atoms with Gasteiger partial charge in [0.05, 0.1) is 5.56 Å². The van der Waals surface area contributed by atoms with Crippen molar-refractivity contribution in [3.63, 3.8) is 0 Å². The fourth-order valence-corrected chi connectivity index (χ4v) is 4.29. The van der Waals surface area contributed by atoms with E-state index < -0.39 is 34.7 Å². The quantitative estimate of drug-likeness (QED) is 0.118. The van der Waals surface area contributed by atoms with Crippen molar-refractivity contribution in [1.29, 1.82) is 0 Å². The molecule has 5 aromatic rings. The summed E-state index contributed by atoms with van der Waals surface area (Å²) in [6.45, 7) is 0. The van der Waals surface area contributed by atoms with Crippen molar-refractivity contribution >= 4 is 23.0 Å². The summed E-state index contributed by atoms with van der Waals surface area (Å²) in [4.78, 5) is 12.3. The highest BCUT2D eigenvalue weighted by molar-refractivity contribution is 6.04. The van der Waals surface area contributed by atoms with Crippen LogP contribution in [0.15, 0.2) is 109 Å². The summed E-state index contributed by atoms with van der Waals surface area (Å²) < 4.78 is 53.9. The van der Waals surface area contributed by atoms with Gasteiger partial charge in [0.25, 0.3) is 5.91 Å². The highest BCUT2D eigenvalue weighted by atomic mass is 19.2. The Hall–Kier alpha value is -4.91. The van der Waals surface area contributed by atoms with Crippen LogP contribution in [0.3, 0.4) is 0 Å². The molecule has 2 N–H and O–H groups in total. The number of rotatable bonds is 8. The van der Waals surface area contributed by atoms with Crippen molar-refractivity contribution in [3.8, 4) is 0 Å². The van der Waals surface area contributed by atoms with Crippen LogP contribution >= 0.6 is 0 Å².